The molecular formula is C20H19BrN4S. The van der Waals surface area contributed by atoms with Crippen LogP contribution in [-0.4, -0.2) is 26.1 Å². The van der Waals surface area contributed by atoms with Crippen LogP contribution in [0.15, 0.2) is 71.5 Å². The third-order valence-electron chi connectivity index (χ3n) is 4.73. The highest BCUT2D eigenvalue weighted by Gasteiger charge is 2.40. The van der Waals surface area contributed by atoms with Crippen LogP contribution in [0, 0.1) is 0 Å². The Bertz CT molecular complexity index is 907. The fraction of sp³-hybridized carbons (Fsp3) is 0.200. The molecule has 0 amide bonds. The summed E-state index contributed by atoms with van der Waals surface area (Å²) in [6.45, 7) is 2.97. The van der Waals surface area contributed by atoms with Crippen LogP contribution in [0.25, 0.3) is 5.69 Å². The molecule has 3 aromatic rings. The fourth-order valence-electron chi connectivity index (χ4n) is 3.54. The number of pyridine rings is 1. The first-order valence-corrected chi connectivity index (χ1v) is 9.80. The number of hydrogen-bond donors (Lipinski definition) is 1. The molecule has 1 fully saturated rings. The minimum absolute atomic E-state index is 0.0211. The average Bonchev–Trinajstić information content (AvgIpc) is 3.27. The summed E-state index contributed by atoms with van der Waals surface area (Å²) in [5.74, 6) is 0. The Balaban J connectivity index is 1.80. The van der Waals surface area contributed by atoms with Gasteiger partial charge in [-0.1, -0.05) is 22.0 Å². The van der Waals surface area contributed by atoms with E-state index in [0.29, 0.717) is 0 Å². The summed E-state index contributed by atoms with van der Waals surface area (Å²) >= 11 is 9.13. The van der Waals surface area contributed by atoms with Crippen molar-refractivity contribution in [1.29, 1.82) is 0 Å². The van der Waals surface area contributed by atoms with Crippen molar-refractivity contribution >= 4 is 33.3 Å². The van der Waals surface area contributed by atoms with Crippen molar-refractivity contribution in [2.24, 2.45) is 0 Å². The average molecular weight is 427 g/mol. The number of likely N-dealkylation sites (N-methyl/N-ethyl adjacent to an activating group) is 1. The number of nitrogens with zero attached hydrogens (tertiary/aromatic N) is 3. The van der Waals surface area contributed by atoms with Crippen molar-refractivity contribution in [3.8, 4) is 5.69 Å². The first-order chi connectivity index (χ1) is 12.7. The second kappa shape index (κ2) is 7.21. The number of rotatable bonds is 4. The predicted octanol–water partition coefficient (Wildman–Crippen LogP) is 4.63. The maximum Gasteiger partial charge on any atom is 0.170 e. The number of aromatic nitrogens is 2. The highest BCUT2D eigenvalue weighted by Crippen LogP contribution is 2.39. The highest BCUT2D eigenvalue weighted by molar-refractivity contribution is 9.10. The molecule has 1 N–H and O–H groups in total. The molecule has 132 valence electrons. The lowest BCUT2D eigenvalue weighted by Gasteiger charge is -2.28. The quantitative estimate of drug-likeness (QED) is 0.616. The summed E-state index contributed by atoms with van der Waals surface area (Å²) < 4.78 is 3.30. The summed E-state index contributed by atoms with van der Waals surface area (Å²) in [4.78, 5) is 6.81. The van der Waals surface area contributed by atoms with Gasteiger partial charge in [-0.15, -0.1) is 0 Å². The van der Waals surface area contributed by atoms with Gasteiger partial charge in [0.05, 0.1) is 17.8 Å². The van der Waals surface area contributed by atoms with Crippen LogP contribution in [0.1, 0.15) is 30.4 Å². The van der Waals surface area contributed by atoms with Crippen molar-refractivity contribution in [3.05, 3.63) is 82.9 Å². The highest BCUT2D eigenvalue weighted by atomic mass is 79.9. The second-order valence-corrected chi connectivity index (χ2v) is 7.49. The smallest absolute Gasteiger partial charge is 0.170 e. The van der Waals surface area contributed by atoms with Gasteiger partial charge in [-0.05, 0) is 67.7 Å². The van der Waals surface area contributed by atoms with Crippen LogP contribution in [0.3, 0.4) is 0 Å². The van der Waals surface area contributed by atoms with Crippen molar-refractivity contribution < 1.29 is 0 Å². The molecule has 1 aromatic carbocycles. The van der Waals surface area contributed by atoms with Crippen LogP contribution in [0.2, 0.25) is 0 Å². The third kappa shape index (κ3) is 3.04. The number of halogens is 1. The van der Waals surface area contributed by atoms with Gasteiger partial charge in [0.25, 0.3) is 0 Å². The molecule has 1 aliphatic heterocycles. The lowest BCUT2D eigenvalue weighted by atomic mass is 10.0. The van der Waals surface area contributed by atoms with Crippen molar-refractivity contribution in [1.82, 2.24) is 19.8 Å². The van der Waals surface area contributed by atoms with Crippen molar-refractivity contribution in [3.63, 3.8) is 0 Å². The fourth-order valence-corrected chi connectivity index (χ4v) is 4.17. The van der Waals surface area contributed by atoms with E-state index in [-0.39, 0.29) is 12.1 Å². The normalized spacial score (nSPS) is 19.6. The van der Waals surface area contributed by atoms with Crippen LogP contribution < -0.4 is 5.32 Å². The molecule has 1 saturated heterocycles. The van der Waals surface area contributed by atoms with Crippen LogP contribution in [0.5, 0.6) is 0 Å². The van der Waals surface area contributed by atoms with E-state index in [2.05, 4.69) is 91.3 Å². The maximum absolute atomic E-state index is 5.62. The molecule has 1 aliphatic rings. The van der Waals surface area contributed by atoms with Gasteiger partial charge in [0.1, 0.15) is 0 Å². The van der Waals surface area contributed by atoms with E-state index in [0.717, 1.165) is 27.5 Å². The SMILES string of the molecule is CCN1C(=S)N[C@H](c2ccccn2)[C@@H]1c1cccn1-c1ccc(Br)cc1. The molecule has 0 aliphatic carbocycles. The Morgan fingerprint density at radius 2 is 1.92 bits per heavy atom. The van der Waals surface area contributed by atoms with E-state index in [4.69, 9.17) is 12.2 Å². The third-order valence-corrected chi connectivity index (χ3v) is 5.61. The zero-order valence-corrected chi connectivity index (χ0v) is 16.7. The first-order valence-electron chi connectivity index (χ1n) is 8.60. The molecule has 4 rings (SSSR count). The van der Waals surface area contributed by atoms with E-state index in [9.17, 15) is 0 Å². The Labute approximate surface area is 167 Å². The topological polar surface area (TPSA) is 33.1 Å². The van der Waals surface area contributed by atoms with Gasteiger partial charge >= 0.3 is 0 Å². The van der Waals surface area contributed by atoms with E-state index < -0.39 is 0 Å². The molecular weight excluding hydrogens is 408 g/mol. The van der Waals surface area contributed by atoms with Gasteiger partial charge < -0.3 is 14.8 Å². The summed E-state index contributed by atoms with van der Waals surface area (Å²) in [7, 11) is 0. The van der Waals surface area contributed by atoms with E-state index in [1.54, 1.807) is 0 Å². The minimum atomic E-state index is 0.0211. The predicted molar refractivity (Wildman–Crippen MR) is 111 cm³/mol. The van der Waals surface area contributed by atoms with E-state index in [1.807, 2.05) is 18.3 Å². The standard InChI is InChI=1S/C20H19BrN4S/c1-2-24-19(18(23-20(24)26)16-6-3-4-12-22-16)17-7-5-13-25(17)15-10-8-14(21)9-11-15/h3-13,18-19H,2H2,1H3,(H,23,26)/t18-,19+/m1/s1. The Hall–Kier alpha value is -2.18. The van der Waals surface area contributed by atoms with Crippen LogP contribution in [-0.2, 0) is 0 Å². The molecule has 0 bridgehead atoms. The molecule has 4 nitrogen and oxygen atoms in total. The summed E-state index contributed by atoms with van der Waals surface area (Å²) in [6, 6.07) is 18.7. The van der Waals surface area contributed by atoms with Crippen molar-refractivity contribution in [2.45, 2.75) is 19.0 Å². The van der Waals surface area contributed by atoms with E-state index >= 15 is 0 Å². The molecule has 6 heteroatoms. The Morgan fingerprint density at radius 1 is 1.12 bits per heavy atom. The van der Waals surface area contributed by atoms with E-state index in [1.165, 1.54) is 5.69 Å². The molecule has 0 unspecified atom stereocenters. The number of hydrogen-bond acceptors (Lipinski definition) is 2. The second-order valence-electron chi connectivity index (χ2n) is 6.19. The van der Waals surface area contributed by atoms with Crippen molar-refractivity contribution in [2.75, 3.05) is 6.54 Å². The van der Waals surface area contributed by atoms with Gasteiger partial charge in [0.2, 0.25) is 0 Å². The lowest BCUT2D eigenvalue weighted by Crippen LogP contribution is -2.30. The monoisotopic (exact) mass is 426 g/mol. The number of thiocarbonyl (C=S) groups is 1. The Kier molecular flexibility index (Phi) is 4.78. The number of benzene rings is 1. The number of nitrogens with one attached hydrogen (secondary N) is 1. The van der Waals surface area contributed by atoms with Gasteiger partial charge in [-0.3, -0.25) is 4.98 Å². The molecule has 2 aromatic heterocycles. The zero-order chi connectivity index (χ0) is 18.1. The van der Waals surface area contributed by atoms with Crippen LogP contribution in [0.4, 0.5) is 0 Å². The summed E-state index contributed by atoms with van der Waals surface area (Å²) in [6.07, 6.45) is 3.93. The zero-order valence-electron chi connectivity index (χ0n) is 14.3. The molecule has 26 heavy (non-hydrogen) atoms. The Morgan fingerprint density at radius 3 is 2.62 bits per heavy atom. The van der Waals surface area contributed by atoms with Gasteiger partial charge in [-0.2, -0.15) is 0 Å². The summed E-state index contributed by atoms with van der Waals surface area (Å²) in [5.41, 5.74) is 3.32. The van der Waals surface area contributed by atoms with Gasteiger partial charge in [0.15, 0.2) is 5.11 Å². The lowest BCUT2D eigenvalue weighted by molar-refractivity contribution is 0.321. The van der Waals surface area contributed by atoms with Gasteiger partial charge in [-0.25, -0.2) is 0 Å². The molecule has 3 heterocycles. The minimum Gasteiger partial charge on any atom is -0.352 e. The molecule has 0 saturated carbocycles. The maximum atomic E-state index is 5.62. The first kappa shape index (κ1) is 17.2. The van der Waals surface area contributed by atoms with Crippen LogP contribution >= 0.6 is 28.1 Å². The molecule has 0 spiro atoms. The molecule has 0 radical (unpaired) electrons. The molecule has 2 atom stereocenters. The van der Waals surface area contributed by atoms with Gasteiger partial charge in [0, 0.05) is 34.8 Å². The largest absolute Gasteiger partial charge is 0.352 e. The summed E-state index contributed by atoms with van der Waals surface area (Å²) in [5, 5.41) is 4.25.